The number of aryl methyl sites for hydroxylation is 1. The molecule has 0 aromatic carbocycles. The van der Waals surface area contributed by atoms with Crippen LogP contribution >= 0.6 is 0 Å². The normalized spacial score (nSPS) is 20.7. The van der Waals surface area contributed by atoms with Crippen LogP contribution in [-0.2, 0) is 12.8 Å². The van der Waals surface area contributed by atoms with E-state index in [9.17, 15) is 0 Å². The Balaban J connectivity index is 1.40. The topological polar surface area (TPSA) is 95.4 Å². The SMILES string of the molecule is c1cc(-c2noc(C3CCc4nnn(C5CCCC5)c4C3)n2)ncn1. The van der Waals surface area contributed by atoms with E-state index in [0.717, 1.165) is 25.0 Å². The Morgan fingerprint density at radius 1 is 1.16 bits per heavy atom. The fourth-order valence-electron chi connectivity index (χ4n) is 3.98. The summed E-state index contributed by atoms with van der Waals surface area (Å²) in [6, 6.07) is 2.29. The Morgan fingerprint density at radius 2 is 2.08 bits per heavy atom. The van der Waals surface area contributed by atoms with Crippen molar-refractivity contribution in [1.29, 1.82) is 0 Å². The summed E-state index contributed by atoms with van der Waals surface area (Å²) < 4.78 is 7.71. The molecule has 5 rings (SSSR count). The molecule has 1 saturated carbocycles. The molecule has 25 heavy (non-hydrogen) atoms. The summed E-state index contributed by atoms with van der Waals surface area (Å²) >= 11 is 0. The van der Waals surface area contributed by atoms with Gasteiger partial charge in [-0.15, -0.1) is 5.10 Å². The fourth-order valence-corrected chi connectivity index (χ4v) is 3.98. The zero-order valence-corrected chi connectivity index (χ0v) is 13.9. The third-order valence-electron chi connectivity index (χ3n) is 5.31. The van der Waals surface area contributed by atoms with Crippen molar-refractivity contribution in [2.75, 3.05) is 0 Å². The van der Waals surface area contributed by atoms with Gasteiger partial charge in [0.1, 0.15) is 12.0 Å². The van der Waals surface area contributed by atoms with Crippen LogP contribution < -0.4 is 0 Å². The van der Waals surface area contributed by atoms with Gasteiger partial charge in [-0.2, -0.15) is 4.98 Å². The molecule has 8 heteroatoms. The van der Waals surface area contributed by atoms with Gasteiger partial charge in [0.15, 0.2) is 0 Å². The average Bonchev–Trinajstić information content (AvgIpc) is 3.41. The molecule has 0 saturated heterocycles. The molecule has 0 bridgehead atoms. The van der Waals surface area contributed by atoms with Gasteiger partial charge in [-0.1, -0.05) is 23.2 Å². The second kappa shape index (κ2) is 6.02. The lowest BCUT2D eigenvalue weighted by molar-refractivity contribution is 0.334. The van der Waals surface area contributed by atoms with Crippen LogP contribution in [0.4, 0.5) is 0 Å². The first kappa shape index (κ1) is 14.7. The van der Waals surface area contributed by atoms with Gasteiger partial charge in [-0.05, 0) is 31.7 Å². The van der Waals surface area contributed by atoms with Crippen molar-refractivity contribution in [1.82, 2.24) is 35.1 Å². The molecule has 0 spiro atoms. The van der Waals surface area contributed by atoms with Crippen LogP contribution in [0.2, 0.25) is 0 Å². The summed E-state index contributed by atoms with van der Waals surface area (Å²) in [5, 5.41) is 12.9. The third-order valence-corrected chi connectivity index (χ3v) is 5.31. The molecule has 0 amide bonds. The maximum Gasteiger partial charge on any atom is 0.230 e. The van der Waals surface area contributed by atoms with Gasteiger partial charge in [0, 0.05) is 18.5 Å². The molecule has 3 heterocycles. The Labute approximate surface area is 144 Å². The van der Waals surface area contributed by atoms with Gasteiger partial charge in [0.05, 0.1) is 17.4 Å². The van der Waals surface area contributed by atoms with Gasteiger partial charge in [0.25, 0.3) is 0 Å². The Hall–Kier alpha value is -2.64. The first-order chi connectivity index (χ1) is 12.4. The van der Waals surface area contributed by atoms with Gasteiger partial charge in [-0.25, -0.2) is 14.6 Å². The van der Waals surface area contributed by atoms with Gasteiger partial charge >= 0.3 is 0 Å². The predicted molar refractivity (Wildman–Crippen MR) is 87.6 cm³/mol. The van der Waals surface area contributed by atoms with E-state index in [2.05, 4.69) is 35.1 Å². The van der Waals surface area contributed by atoms with Gasteiger partial charge < -0.3 is 4.52 Å². The Kier molecular flexibility index (Phi) is 3.53. The lowest BCUT2D eigenvalue weighted by Gasteiger charge is -2.21. The molecule has 3 aromatic rings. The van der Waals surface area contributed by atoms with Crippen LogP contribution in [0.1, 0.15) is 61.3 Å². The van der Waals surface area contributed by atoms with Crippen LogP contribution in [0.25, 0.3) is 11.5 Å². The molecular formula is C17H19N7O. The van der Waals surface area contributed by atoms with E-state index >= 15 is 0 Å². The second-order valence-corrected chi connectivity index (χ2v) is 6.86. The highest BCUT2D eigenvalue weighted by atomic mass is 16.5. The number of aromatic nitrogens is 7. The van der Waals surface area contributed by atoms with Crippen molar-refractivity contribution in [3.05, 3.63) is 35.9 Å². The van der Waals surface area contributed by atoms with Crippen molar-refractivity contribution in [3.8, 4) is 11.5 Å². The van der Waals surface area contributed by atoms with Crippen molar-refractivity contribution in [2.24, 2.45) is 0 Å². The second-order valence-electron chi connectivity index (χ2n) is 6.86. The van der Waals surface area contributed by atoms with E-state index in [0.29, 0.717) is 23.5 Å². The summed E-state index contributed by atoms with van der Waals surface area (Å²) in [5.41, 5.74) is 3.07. The highest BCUT2D eigenvalue weighted by molar-refractivity contribution is 5.46. The van der Waals surface area contributed by atoms with E-state index < -0.39 is 0 Å². The number of hydrogen-bond donors (Lipinski definition) is 0. The minimum Gasteiger partial charge on any atom is -0.339 e. The molecule has 3 aromatic heterocycles. The zero-order valence-electron chi connectivity index (χ0n) is 13.9. The fraction of sp³-hybridized carbons (Fsp3) is 0.529. The van der Waals surface area contributed by atoms with Gasteiger partial charge in [-0.3, -0.25) is 0 Å². The van der Waals surface area contributed by atoms with E-state index in [1.54, 1.807) is 12.3 Å². The van der Waals surface area contributed by atoms with Crippen LogP contribution in [0.3, 0.4) is 0 Å². The number of fused-ring (bicyclic) bond motifs is 1. The van der Waals surface area contributed by atoms with Crippen molar-refractivity contribution in [2.45, 2.75) is 56.9 Å². The molecule has 1 unspecified atom stereocenters. The lowest BCUT2D eigenvalue weighted by Crippen LogP contribution is -2.18. The molecule has 0 radical (unpaired) electrons. The standard InChI is InChI=1S/C17H19N7O/c1-2-4-12(3-1)24-15-9-11(5-6-13(15)21-23-24)17-20-16(22-25-17)14-7-8-18-10-19-14/h7-8,10-12H,1-6,9H2. The summed E-state index contributed by atoms with van der Waals surface area (Å²) in [4.78, 5) is 12.7. The summed E-state index contributed by atoms with van der Waals surface area (Å²) in [5.74, 6) is 1.42. The highest BCUT2D eigenvalue weighted by Gasteiger charge is 2.31. The molecule has 0 N–H and O–H groups in total. The van der Waals surface area contributed by atoms with Crippen LogP contribution in [-0.4, -0.2) is 35.1 Å². The molecule has 8 nitrogen and oxygen atoms in total. The molecule has 0 aliphatic heterocycles. The Morgan fingerprint density at radius 3 is 2.92 bits per heavy atom. The summed E-state index contributed by atoms with van der Waals surface area (Å²) in [7, 11) is 0. The number of nitrogens with zero attached hydrogens (tertiary/aromatic N) is 7. The molecule has 128 valence electrons. The van der Waals surface area contributed by atoms with Crippen molar-refractivity contribution >= 4 is 0 Å². The molecular weight excluding hydrogens is 318 g/mol. The highest BCUT2D eigenvalue weighted by Crippen LogP contribution is 2.36. The van der Waals surface area contributed by atoms with E-state index in [1.165, 1.54) is 37.7 Å². The minimum atomic E-state index is 0.217. The first-order valence-corrected chi connectivity index (χ1v) is 8.91. The predicted octanol–water partition coefficient (Wildman–Crippen LogP) is 2.51. The number of rotatable bonds is 3. The largest absolute Gasteiger partial charge is 0.339 e. The monoisotopic (exact) mass is 337 g/mol. The maximum atomic E-state index is 5.54. The Bertz CT molecular complexity index is 866. The smallest absolute Gasteiger partial charge is 0.230 e. The van der Waals surface area contributed by atoms with E-state index in [1.807, 2.05) is 0 Å². The quantitative estimate of drug-likeness (QED) is 0.724. The minimum absolute atomic E-state index is 0.217. The third kappa shape index (κ3) is 2.61. The van der Waals surface area contributed by atoms with Gasteiger partial charge in [0.2, 0.25) is 11.7 Å². The van der Waals surface area contributed by atoms with Crippen LogP contribution in [0.5, 0.6) is 0 Å². The molecule has 2 aliphatic rings. The van der Waals surface area contributed by atoms with E-state index in [4.69, 9.17) is 4.52 Å². The zero-order chi connectivity index (χ0) is 16.6. The van der Waals surface area contributed by atoms with Crippen LogP contribution in [0.15, 0.2) is 23.1 Å². The van der Waals surface area contributed by atoms with E-state index in [-0.39, 0.29) is 5.92 Å². The average molecular weight is 337 g/mol. The van der Waals surface area contributed by atoms with Crippen LogP contribution in [0, 0.1) is 0 Å². The molecule has 2 aliphatic carbocycles. The summed E-state index contributed by atoms with van der Waals surface area (Å²) in [6.45, 7) is 0. The maximum absolute atomic E-state index is 5.54. The molecule has 1 fully saturated rings. The number of hydrogen-bond acceptors (Lipinski definition) is 7. The van der Waals surface area contributed by atoms with Crippen molar-refractivity contribution in [3.63, 3.8) is 0 Å². The molecule has 1 atom stereocenters. The first-order valence-electron chi connectivity index (χ1n) is 8.91. The lowest BCUT2D eigenvalue weighted by atomic mass is 9.89. The summed E-state index contributed by atoms with van der Waals surface area (Å²) in [6.07, 6.45) is 10.9. The van der Waals surface area contributed by atoms with Crippen molar-refractivity contribution < 1.29 is 4.52 Å².